The zero-order valence-electron chi connectivity index (χ0n) is 12.2. The van der Waals surface area contributed by atoms with Crippen molar-refractivity contribution in [2.24, 2.45) is 5.92 Å². The van der Waals surface area contributed by atoms with E-state index in [1.807, 2.05) is 13.0 Å². The van der Waals surface area contributed by atoms with Gasteiger partial charge in [0.25, 0.3) is 0 Å². The average molecular weight is 249 g/mol. The Hall–Kier alpha value is -1.02. The number of ether oxygens (including phenoxy) is 1. The van der Waals surface area contributed by atoms with E-state index in [9.17, 15) is 0 Å². The lowest BCUT2D eigenvalue weighted by Gasteiger charge is -2.21. The average Bonchev–Trinajstić information content (AvgIpc) is 2.35. The monoisotopic (exact) mass is 249 g/mol. The van der Waals surface area contributed by atoms with E-state index in [0.717, 1.165) is 25.3 Å². The molecule has 18 heavy (non-hydrogen) atoms. The fourth-order valence-corrected chi connectivity index (χ4v) is 2.21. The molecule has 0 bridgehead atoms. The lowest BCUT2D eigenvalue weighted by atomic mass is 9.96. The van der Waals surface area contributed by atoms with Crippen molar-refractivity contribution in [3.63, 3.8) is 0 Å². The summed E-state index contributed by atoms with van der Waals surface area (Å²) in [6.45, 7) is 10.5. The van der Waals surface area contributed by atoms with Crippen molar-refractivity contribution < 1.29 is 4.74 Å². The molecule has 0 aliphatic rings. The van der Waals surface area contributed by atoms with Gasteiger partial charge >= 0.3 is 0 Å². The molecule has 1 unspecified atom stereocenters. The molecule has 1 atom stereocenters. The molecule has 2 nitrogen and oxygen atoms in total. The van der Waals surface area contributed by atoms with Crippen molar-refractivity contribution in [1.29, 1.82) is 0 Å². The van der Waals surface area contributed by atoms with Gasteiger partial charge in [0.05, 0.1) is 6.61 Å². The number of benzene rings is 1. The number of nitrogens with one attached hydrogen (secondary N) is 1. The molecule has 1 N–H and O–H groups in total. The van der Waals surface area contributed by atoms with Gasteiger partial charge in [-0.3, -0.25) is 0 Å². The zero-order chi connectivity index (χ0) is 13.4. The maximum Gasteiger partial charge on any atom is 0.119 e. The van der Waals surface area contributed by atoms with E-state index in [0.29, 0.717) is 12.0 Å². The molecule has 0 aromatic heterocycles. The molecule has 0 aliphatic heterocycles. The van der Waals surface area contributed by atoms with Gasteiger partial charge < -0.3 is 10.1 Å². The third kappa shape index (κ3) is 5.09. The lowest BCUT2D eigenvalue weighted by molar-refractivity contribution is 0.339. The topological polar surface area (TPSA) is 21.3 Å². The first kappa shape index (κ1) is 15.0. The highest BCUT2D eigenvalue weighted by Crippen LogP contribution is 2.16. The first-order chi connectivity index (χ1) is 8.67. The predicted octanol–water partition coefficient (Wildman–Crippen LogP) is 3.65. The molecule has 0 spiro atoms. The zero-order valence-corrected chi connectivity index (χ0v) is 12.2. The summed E-state index contributed by atoms with van der Waals surface area (Å²) in [5, 5.41) is 3.56. The van der Waals surface area contributed by atoms with Gasteiger partial charge in [0.15, 0.2) is 0 Å². The van der Waals surface area contributed by atoms with E-state index >= 15 is 0 Å². The second kappa shape index (κ2) is 8.15. The van der Waals surface area contributed by atoms with E-state index in [2.05, 4.69) is 44.3 Å². The Morgan fingerprint density at radius 1 is 1.22 bits per heavy atom. The van der Waals surface area contributed by atoms with E-state index in [-0.39, 0.29) is 0 Å². The molecule has 102 valence electrons. The molecule has 0 saturated heterocycles. The normalized spacial score (nSPS) is 12.7. The molecular formula is C16H27NO. The van der Waals surface area contributed by atoms with Gasteiger partial charge in [-0.05, 0) is 49.9 Å². The van der Waals surface area contributed by atoms with Crippen molar-refractivity contribution >= 4 is 0 Å². The third-order valence-corrected chi connectivity index (χ3v) is 3.22. The molecule has 0 amide bonds. The summed E-state index contributed by atoms with van der Waals surface area (Å²) in [6, 6.07) is 9.05. The van der Waals surface area contributed by atoms with Crippen LogP contribution in [0.1, 0.15) is 39.7 Å². The van der Waals surface area contributed by atoms with Crippen molar-refractivity contribution in [2.45, 2.75) is 46.6 Å². The van der Waals surface area contributed by atoms with Gasteiger partial charge in [-0.2, -0.15) is 0 Å². The minimum atomic E-state index is 0.603. The standard InChI is InChI=1S/C16H27NO/c1-5-17-16(13(3)4)11-10-14-8-7-9-15(12-14)18-6-2/h7-9,12-13,16-17H,5-6,10-11H2,1-4H3. The third-order valence-electron chi connectivity index (χ3n) is 3.22. The Morgan fingerprint density at radius 2 is 2.00 bits per heavy atom. The van der Waals surface area contributed by atoms with Crippen LogP contribution in [0.5, 0.6) is 5.75 Å². The van der Waals surface area contributed by atoms with Crippen LogP contribution < -0.4 is 10.1 Å². The maximum absolute atomic E-state index is 5.53. The van der Waals surface area contributed by atoms with Gasteiger partial charge in [0, 0.05) is 6.04 Å². The van der Waals surface area contributed by atoms with E-state index in [4.69, 9.17) is 4.74 Å². The summed E-state index contributed by atoms with van der Waals surface area (Å²) in [7, 11) is 0. The van der Waals surface area contributed by atoms with Gasteiger partial charge in [-0.1, -0.05) is 32.9 Å². The highest BCUT2D eigenvalue weighted by Gasteiger charge is 2.11. The minimum absolute atomic E-state index is 0.603. The quantitative estimate of drug-likeness (QED) is 0.759. The lowest BCUT2D eigenvalue weighted by Crippen LogP contribution is -2.34. The Kier molecular flexibility index (Phi) is 6.81. The van der Waals surface area contributed by atoms with Crippen LogP contribution in [-0.4, -0.2) is 19.2 Å². The molecular weight excluding hydrogens is 222 g/mol. The first-order valence-electron chi connectivity index (χ1n) is 7.12. The van der Waals surface area contributed by atoms with Crippen LogP contribution in [0.15, 0.2) is 24.3 Å². The summed E-state index contributed by atoms with van der Waals surface area (Å²) in [4.78, 5) is 0. The van der Waals surface area contributed by atoms with Crippen LogP contribution in [0.25, 0.3) is 0 Å². The molecule has 1 aromatic carbocycles. The summed E-state index contributed by atoms with van der Waals surface area (Å²) in [6.07, 6.45) is 2.29. The summed E-state index contributed by atoms with van der Waals surface area (Å²) < 4.78 is 5.53. The van der Waals surface area contributed by atoms with Gasteiger partial charge in [0.1, 0.15) is 5.75 Å². The highest BCUT2D eigenvalue weighted by atomic mass is 16.5. The van der Waals surface area contributed by atoms with Crippen LogP contribution in [0.2, 0.25) is 0 Å². The molecule has 0 heterocycles. The summed E-state index contributed by atoms with van der Waals surface area (Å²) >= 11 is 0. The number of hydrogen-bond donors (Lipinski definition) is 1. The Labute approximate surface area is 112 Å². The predicted molar refractivity (Wildman–Crippen MR) is 78.2 cm³/mol. The Balaban J connectivity index is 2.53. The van der Waals surface area contributed by atoms with Crippen molar-refractivity contribution in [3.8, 4) is 5.75 Å². The molecule has 2 heteroatoms. The molecule has 0 aliphatic carbocycles. The van der Waals surface area contributed by atoms with Gasteiger partial charge in [-0.15, -0.1) is 0 Å². The number of aryl methyl sites for hydroxylation is 1. The Bertz CT molecular complexity index is 336. The molecule has 0 saturated carbocycles. The van der Waals surface area contributed by atoms with Crippen LogP contribution in [-0.2, 0) is 6.42 Å². The second-order valence-electron chi connectivity index (χ2n) is 5.03. The van der Waals surface area contributed by atoms with Gasteiger partial charge in [-0.25, -0.2) is 0 Å². The largest absolute Gasteiger partial charge is 0.494 e. The van der Waals surface area contributed by atoms with Crippen LogP contribution in [0.3, 0.4) is 0 Å². The molecule has 0 fully saturated rings. The number of hydrogen-bond acceptors (Lipinski definition) is 2. The minimum Gasteiger partial charge on any atom is -0.494 e. The summed E-state index contributed by atoms with van der Waals surface area (Å²) in [5.41, 5.74) is 1.37. The number of rotatable bonds is 8. The highest BCUT2D eigenvalue weighted by molar-refractivity contribution is 5.28. The van der Waals surface area contributed by atoms with Crippen LogP contribution >= 0.6 is 0 Å². The molecule has 1 rings (SSSR count). The molecule has 0 radical (unpaired) electrons. The Morgan fingerprint density at radius 3 is 2.61 bits per heavy atom. The van der Waals surface area contributed by atoms with E-state index in [1.165, 1.54) is 12.0 Å². The smallest absolute Gasteiger partial charge is 0.119 e. The fourth-order valence-electron chi connectivity index (χ4n) is 2.21. The second-order valence-corrected chi connectivity index (χ2v) is 5.03. The summed E-state index contributed by atoms with van der Waals surface area (Å²) in [5.74, 6) is 1.67. The SMILES string of the molecule is CCNC(CCc1cccc(OCC)c1)C(C)C. The van der Waals surface area contributed by atoms with E-state index in [1.54, 1.807) is 0 Å². The van der Waals surface area contributed by atoms with Crippen molar-refractivity contribution in [3.05, 3.63) is 29.8 Å². The maximum atomic E-state index is 5.53. The molecule has 1 aromatic rings. The van der Waals surface area contributed by atoms with Gasteiger partial charge in [0.2, 0.25) is 0 Å². The fraction of sp³-hybridized carbons (Fsp3) is 0.625. The van der Waals surface area contributed by atoms with Crippen LogP contribution in [0, 0.1) is 5.92 Å². The van der Waals surface area contributed by atoms with Crippen molar-refractivity contribution in [2.75, 3.05) is 13.2 Å². The first-order valence-corrected chi connectivity index (χ1v) is 7.12. The van der Waals surface area contributed by atoms with Crippen LogP contribution in [0.4, 0.5) is 0 Å². The van der Waals surface area contributed by atoms with Crippen molar-refractivity contribution in [1.82, 2.24) is 5.32 Å². The van der Waals surface area contributed by atoms with E-state index < -0.39 is 0 Å².